The molecule has 0 unspecified atom stereocenters. The molecule has 27 heavy (non-hydrogen) atoms. The highest BCUT2D eigenvalue weighted by Crippen LogP contribution is 2.26. The minimum Gasteiger partial charge on any atom is -0.488 e. The van der Waals surface area contributed by atoms with Gasteiger partial charge in [-0.05, 0) is 42.2 Å². The van der Waals surface area contributed by atoms with Gasteiger partial charge >= 0.3 is 5.97 Å². The quantitative estimate of drug-likeness (QED) is 0.781. The van der Waals surface area contributed by atoms with E-state index in [4.69, 9.17) is 9.47 Å². The first-order chi connectivity index (χ1) is 13.1. The molecule has 1 N–H and O–H groups in total. The van der Waals surface area contributed by atoms with E-state index in [-0.39, 0.29) is 19.1 Å². The molecule has 1 heterocycles. The van der Waals surface area contributed by atoms with Gasteiger partial charge in [0, 0.05) is 11.3 Å². The second-order valence-electron chi connectivity index (χ2n) is 6.55. The molecule has 1 atom stereocenters. The van der Waals surface area contributed by atoms with Crippen molar-refractivity contribution in [3.8, 4) is 5.75 Å². The molecule has 140 valence electrons. The van der Waals surface area contributed by atoms with Gasteiger partial charge in [-0.2, -0.15) is 0 Å². The molecule has 0 fully saturated rings. The van der Waals surface area contributed by atoms with Crippen LogP contribution in [-0.4, -0.2) is 25.1 Å². The van der Waals surface area contributed by atoms with Crippen LogP contribution in [0, 0.1) is 0 Å². The zero-order chi connectivity index (χ0) is 19.2. The molecule has 0 saturated carbocycles. The van der Waals surface area contributed by atoms with E-state index in [1.165, 1.54) is 5.56 Å². The molecule has 0 aliphatic carbocycles. The number of hydrogen-bond donors (Lipinski definition) is 1. The third-order valence-corrected chi connectivity index (χ3v) is 4.60. The van der Waals surface area contributed by atoms with Crippen molar-refractivity contribution in [2.45, 2.75) is 26.2 Å². The maximum absolute atomic E-state index is 12.2. The third kappa shape index (κ3) is 4.76. The van der Waals surface area contributed by atoms with Gasteiger partial charge in [0.2, 0.25) is 0 Å². The Morgan fingerprint density at radius 1 is 1.15 bits per heavy atom. The van der Waals surface area contributed by atoms with Gasteiger partial charge in [0.15, 0.2) is 6.61 Å². The fourth-order valence-electron chi connectivity index (χ4n) is 2.79. The van der Waals surface area contributed by atoms with Crippen LogP contribution in [0.4, 0.5) is 5.69 Å². The number of hydrogen-bond acceptors (Lipinski definition) is 4. The highest BCUT2D eigenvalue weighted by atomic mass is 16.5. The van der Waals surface area contributed by atoms with E-state index in [2.05, 4.69) is 19.2 Å². The molecule has 1 aliphatic heterocycles. The summed E-state index contributed by atoms with van der Waals surface area (Å²) in [5.74, 6) is 0.281. The third-order valence-electron chi connectivity index (χ3n) is 4.60. The molecule has 0 spiro atoms. The van der Waals surface area contributed by atoms with E-state index in [0.717, 1.165) is 17.7 Å². The average Bonchev–Trinajstić information content (AvgIpc) is 2.71. The summed E-state index contributed by atoms with van der Waals surface area (Å²) in [4.78, 5) is 24.2. The van der Waals surface area contributed by atoms with E-state index in [1.54, 1.807) is 6.08 Å². The van der Waals surface area contributed by atoms with Crippen molar-refractivity contribution < 1.29 is 19.1 Å². The minimum atomic E-state index is -0.549. The fourth-order valence-corrected chi connectivity index (χ4v) is 2.79. The largest absolute Gasteiger partial charge is 0.488 e. The number of carbonyl (C=O) groups excluding carboxylic acids is 2. The van der Waals surface area contributed by atoms with Crippen LogP contribution >= 0.6 is 0 Å². The molecule has 5 nitrogen and oxygen atoms in total. The Morgan fingerprint density at radius 2 is 1.89 bits per heavy atom. The molecule has 0 radical (unpaired) electrons. The summed E-state index contributed by atoms with van der Waals surface area (Å²) < 4.78 is 10.6. The van der Waals surface area contributed by atoms with Gasteiger partial charge < -0.3 is 14.8 Å². The lowest BCUT2D eigenvalue weighted by molar-refractivity contribution is -0.143. The molecule has 1 aliphatic rings. The maximum Gasteiger partial charge on any atom is 0.338 e. The Kier molecular flexibility index (Phi) is 5.91. The van der Waals surface area contributed by atoms with Crippen LogP contribution in [0.3, 0.4) is 0 Å². The second kappa shape index (κ2) is 8.54. The topological polar surface area (TPSA) is 64.6 Å². The normalized spacial score (nSPS) is 13.6. The lowest BCUT2D eigenvalue weighted by Gasteiger charge is -2.16. The molecule has 1 amide bonds. The Balaban J connectivity index is 1.52. The molecule has 0 aromatic heterocycles. The SMILES string of the molecule is CC[C@@H](C)c1ccc(NC(=O)COC(=O)C2=Cc3ccccc3OC2)cc1. The number of ether oxygens (including phenoxy) is 2. The summed E-state index contributed by atoms with van der Waals surface area (Å²) in [5.41, 5.74) is 3.12. The highest BCUT2D eigenvalue weighted by molar-refractivity contribution is 5.98. The second-order valence-corrected chi connectivity index (χ2v) is 6.55. The number of carbonyl (C=O) groups is 2. The summed E-state index contributed by atoms with van der Waals surface area (Å²) in [7, 11) is 0. The van der Waals surface area contributed by atoms with Crippen LogP contribution in [-0.2, 0) is 14.3 Å². The number of benzene rings is 2. The van der Waals surface area contributed by atoms with Crippen molar-refractivity contribution in [2.75, 3.05) is 18.5 Å². The molecule has 2 aromatic carbocycles. The first-order valence-electron chi connectivity index (χ1n) is 9.06. The summed E-state index contributed by atoms with van der Waals surface area (Å²) >= 11 is 0. The number of fused-ring (bicyclic) bond motifs is 1. The zero-order valence-corrected chi connectivity index (χ0v) is 15.5. The predicted octanol–water partition coefficient (Wildman–Crippen LogP) is 4.16. The Morgan fingerprint density at radius 3 is 2.63 bits per heavy atom. The van der Waals surface area contributed by atoms with Gasteiger partial charge in [0.05, 0.1) is 5.57 Å². The van der Waals surface area contributed by atoms with Gasteiger partial charge in [0.25, 0.3) is 5.91 Å². The van der Waals surface area contributed by atoms with Gasteiger partial charge in [-0.15, -0.1) is 0 Å². The Labute approximate surface area is 159 Å². The van der Waals surface area contributed by atoms with E-state index in [9.17, 15) is 9.59 Å². The van der Waals surface area contributed by atoms with E-state index >= 15 is 0 Å². The van der Waals surface area contributed by atoms with Crippen LogP contribution < -0.4 is 10.1 Å². The van der Waals surface area contributed by atoms with Crippen LogP contribution in [0.2, 0.25) is 0 Å². The van der Waals surface area contributed by atoms with Crippen molar-refractivity contribution in [2.24, 2.45) is 0 Å². The van der Waals surface area contributed by atoms with Crippen molar-refractivity contribution in [3.63, 3.8) is 0 Å². The van der Waals surface area contributed by atoms with Gasteiger partial charge in [-0.3, -0.25) is 4.79 Å². The zero-order valence-electron chi connectivity index (χ0n) is 15.5. The number of anilines is 1. The van der Waals surface area contributed by atoms with Crippen molar-refractivity contribution >= 4 is 23.6 Å². The number of para-hydroxylation sites is 1. The van der Waals surface area contributed by atoms with Crippen molar-refractivity contribution in [1.82, 2.24) is 0 Å². The van der Waals surface area contributed by atoms with E-state index < -0.39 is 5.97 Å². The first-order valence-corrected chi connectivity index (χ1v) is 9.06. The lowest BCUT2D eigenvalue weighted by Crippen LogP contribution is -2.23. The molecule has 2 aromatic rings. The van der Waals surface area contributed by atoms with Crippen molar-refractivity contribution in [3.05, 3.63) is 65.2 Å². The van der Waals surface area contributed by atoms with Gasteiger partial charge in [-0.1, -0.05) is 44.2 Å². The molecule has 0 saturated heterocycles. The van der Waals surface area contributed by atoms with E-state index in [1.807, 2.05) is 48.5 Å². The van der Waals surface area contributed by atoms with Gasteiger partial charge in [-0.25, -0.2) is 4.79 Å². The summed E-state index contributed by atoms with van der Waals surface area (Å²) in [5, 5.41) is 2.73. The Hall–Kier alpha value is -3.08. The first kappa shape index (κ1) is 18.7. The van der Waals surface area contributed by atoms with Crippen LogP contribution in [0.5, 0.6) is 5.75 Å². The molecular formula is C22H23NO4. The molecule has 3 rings (SSSR count). The predicted molar refractivity (Wildman–Crippen MR) is 105 cm³/mol. The summed E-state index contributed by atoms with van der Waals surface area (Å²) in [6.07, 6.45) is 2.79. The fraction of sp³-hybridized carbons (Fsp3) is 0.273. The summed E-state index contributed by atoms with van der Waals surface area (Å²) in [6.45, 7) is 4.09. The maximum atomic E-state index is 12.2. The van der Waals surface area contributed by atoms with E-state index in [0.29, 0.717) is 17.2 Å². The average molecular weight is 365 g/mol. The van der Waals surface area contributed by atoms with Crippen LogP contribution in [0.15, 0.2) is 54.1 Å². The van der Waals surface area contributed by atoms with Crippen LogP contribution in [0.1, 0.15) is 37.3 Å². The molecule has 5 heteroatoms. The lowest BCUT2D eigenvalue weighted by atomic mass is 9.99. The minimum absolute atomic E-state index is 0.133. The highest BCUT2D eigenvalue weighted by Gasteiger charge is 2.19. The number of rotatable bonds is 6. The monoisotopic (exact) mass is 365 g/mol. The molecule has 0 bridgehead atoms. The standard InChI is InChI=1S/C22H23NO4/c1-3-15(2)16-8-10-19(11-9-16)23-21(24)14-27-22(25)18-12-17-6-4-5-7-20(17)26-13-18/h4-12,15H,3,13-14H2,1-2H3,(H,23,24)/t15-/m1/s1. The van der Waals surface area contributed by atoms with Gasteiger partial charge in [0.1, 0.15) is 12.4 Å². The van der Waals surface area contributed by atoms with Crippen LogP contribution in [0.25, 0.3) is 6.08 Å². The Bertz CT molecular complexity index is 855. The number of nitrogens with one attached hydrogen (secondary N) is 1. The summed E-state index contributed by atoms with van der Waals surface area (Å²) in [6, 6.07) is 15.1. The molecular weight excluding hydrogens is 342 g/mol. The smallest absolute Gasteiger partial charge is 0.338 e. The number of amides is 1. The van der Waals surface area contributed by atoms with Crippen molar-refractivity contribution in [1.29, 1.82) is 0 Å². The number of esters is 1.